The maximum absolute atomic E-state index is 12.6. The molecule has 1 aromatic carbocycles. The molecular weight excluding hydrogens is 302 g/mol. The number of carbonyl (C=O) groups excluding carboxylic acids is 2. The van der Waals surface area contributed by atoms with Gasteiger partial charge in [-0.1, -0.05) is 35.9 Å². The summed E-state index contributed by atoms with van der Waals surface area (Å²) in [7, 11) is 0. The van der Waals surface area contributed by atoms with E-state index in [4.69, 9.17) is 0 Å². The largest absolute Gasteiger partial charge is 0.344 e. The topological polar surface area (TPSA) is 71.1 Å². The predicted molar refractivity (Wildman–Crippen MR) is 91.2 cm³/mol. The number of piperidine rings is 1. The smallest absolute Gasteiger partial charge is 0.243 e. The maximum Gasteiger partial charge on any atom is 0.243 e. The van der Waals surface area contributed by atoms with E-state index in [2.05, 4.69) is 15.6 Å². The van der Waals surface area contributed by atoms with Crippen LogP contribution in [0.4, 0.5) is 0 Å². The Morgan fingerprint density at radius 1 is 1.25 bits per heavy atom. The first-order valence-corrected chi connectivity index (χ1v) is 8.21. The van der Waals surface area contributed by atoms with Crippen molar-refractivity contribution in [3.8, 4) is 0 Å². The minimum atomic E-state index is -0.470. The van der Waals surface area contributed by atoms with Gasteiger partial charge in [0.1, 0.15) is 6.04 Å². The number of pyridine rings is 1. The molecule has 1 fully saturated rings. The average molecular weight is 323 g/mol. The van der Waals surface area contributed by atoms with Crippen LogP contribution in [-0.4, -0.2) is 22.8 Å². The number of aryl methyl sites for hydroxylation is 1. The third-order valence-electron chi connectivity index (χ3n) is 4.23. The van der Waals surface area contributed by atoms with Crippen molar-refractivity contribution in [1.29, 1.82) is 0 Å². The maximum atomic E-state index is 12.6. The average Bonchev–Trinajstić information content (AvgIpc) is 2.61. The molecular formula is C19H21N3O2. The van der Waals surface area contributed by atoms with Gasteiger partial charge in [-0.25, -0.2) is 0 Å². The number of hydrogen-bond acceptors (Lipinski definition) is 3. The first-order chi connectivity index (χ1) is 11.6. The highest BCUT2D eigenvalue weighted by atomic mass is 16.2. The fourth-order valence-electron chi connectivity index (χ4n) is 2.88. The van der Waals surface area contributed by atoms with Gasteiger partial charge in [0.15, 0.2) is 0 Å². The molecule has 0 unspecified atom stereocenters. The summed E-state index contributed by atoms with van der Waals surface area (Å²) < 4.78 is 0. The van der Waals surface area contributed by atoms with Crippen molar-refractivity contribution in [1.82, 2.24) is 15.6 Å². The van der Waals surface area contributed by atoms with Crippen LogP contribution in [0.15, 0.2) is 48.7 Å². The van der Waals surface area contributed by atoms with Gasteiger partial charge in [0.05, 0.1) is 11.7 Å². The van der Waals surface area contributed by atoms with Gasteiger partial charge in [-0.3, -0.25) is 14.6 Å². The van der Waals surface area contributed by atoms with Crippen LogP contribution in [0.25, 0.3) is 0 Å². The molecule has 2 atom stereocenters. The van der Waals surface area contributed by atoms with E-state index >= 15 is 0 Å². The van der Waals surface area contributed by atoms with Crippen molar-refractivity contribution in [2.45, 2.75) is 38.3 Å². The van der Waals surface area contributed by atoms with Crippen molar-refractivity contribution < 1.29 is 9.59 Å². The lowest BCUT2D eigenvalue weighted by Gasteiger charge is -2.26. The second-order valence-corrected chi connectivity index (χ2v) is 6.12. The Balaban J connectivity index is 1.83. The van der Waals surface area contributed by atoms with Crippen LogP contribution in [0.3, 0.4) is 0 Å². The highest BCUT2D eigenvalue weighted by molar-refractivity contribution is 5.89. The zero-order chi connectivity index (χ0) is 16.9. The van der Waals surface area contributed by atoms with Crippen molar-refractivity contribution in [3.05, 3.63) is 65.5 Å². The highest BCUT2D eigenvalue weighted by Crippen LogP contribution is 2.21. The number of carbonyl (C=O) groups is 2. The molecule has 2 amide bonds. The van der Waals surface area contributed by atoms with Crippen molar-refractivity contribution >= 4 is 11.8 Å². The lowest BCUT2D eigenvalue weighted by atomic mass is 9.99. The second-order valence-electron chi connectivity index (χ2n) is 6.12. The molecule has 0 bridgehead atoms. The number of rotatable bonds is 4. The van der Waals surface area contributed by atoms with Crippen LogP contribution in [0.2, 0.25) is 0 Å². The van der Waals surface area contributed by atoms with Gasteiger partial charge in [0.2, 0.25) is 11.8 Å². The molecule has 2 aromatic rings. The second kappa shape index (κ2) is 7.25. The van der Waals surface area contributed by atoms with Gasteiger partial charge < -0.3 is 10.6 Å². The summed E-state index contributed by atoms with van der Waals surface area (Å²) in [6.07, 6.45) is 3.61. The monoisotopic (exact) mass is 323 g/mol. The molecule has 24 heavy (non-hydrogen) atoms. The van der Waals surface area contributed by atoms with Gasteiger partial charge in [-0.15, -0.1) is 0 Å². The fourth-order valence-corrected chi connectivity index (χ4v) is 2.88. The van der Waals surface area contributed by atoms with E-state index in [-0.39, 0.29) is 17.9 Å². The normalized spacial score (nSPS) is 18.5. The molecule has 2 N–H and O–H groups in total. The Morgan fingerprint density at radius 3 is 2.71 bits per heavy atom. The molecule has 124 valence electrons. The number of amides is 2. The molecule has 0 saturated carbocycles. The first kappa shape index (κ1) is 16.2. The Bertz CT molecular complexity index is 713. The zero-order valence-corrected chi connectivity index (χ0v) is 13.7. The van der Waals surface area contributed by atoms with Gasteiger partial charge in [-0.2, -0.15) is 0 Å². The van der Waals surface area contributed by atoms with Crippen LogP contribution in [-0.2, 0) is 9.59 Å². The van der Waals surface area contributed by atoms with Crippen LogP contribution >= 0.6 is 0 Å². The number of nitrogens with one attached hydrogen (secondary N) is 2. The molecule has 0 radical (unpaired) electrons. The summed E-state index contributed by atoms with van der Waals surface area (Å²) in [5.74, 6) is -0.231. The summed E-state index contributed by atoms with van der Waals surface area (Å²) in [4.78, 5) is 28.5. The van der Waals surface area contributed by atoms with E-state index in [0.717, 1.165) is 23.2 Å². The summed E-state index contributed by atoms with van der Waals surface area (Å²) in [6.45, 7) is 2.02. The molecule has 5 nitrogen and oxygen atoms in total. The van der Waals surface area contributed by atoms with Gasteiger partial charge in [0, 0.05) is 12.6 Å². The quantitative estimate of drug-likeness (QED) is 0.907. The molecule has 3 rings (SSSR count). The van der Waals surface area contributed by atoms with E-state index < -0.39 is 6.04 Å². The Kier molecular flexibility index (Phi) is 4.89. The predicted octanol–water partition coefficient (Wildman–Crippen LogP) is 2.26. The number of benzene rings is 1. The van der Waals surface area contributed by atoms with Gasteiger partial charge in [0.25, 0.3) is 0 Å². The number of hydrogen-bond donors (Lipinski definition) is 2. The van der Waals surface area contributed by atoms with Crippen molar-refractivity contribution in [3.63, 3.8) is 0 Å². The van der Waals surface area contributed by atoms with Gasteiger partial charge >= 0.3 is 0 Å². The number of aromatic nitrogens is 1. The molecule has 0 spiro atoms. The van der Waals surface area contributed by atoms with Gasteiger partial charge in [-0.05, 0) is 37.5 Å². The first-order valence-electron chi connectivity index (χ1n) is 8.21. The zero-order valence-electron chi connectivity index (χ0n) is 13.7. The van der Waals surface area contributed by atoms with Crippen molar-refractivity contribution in [2.24, 2.45) is 0 Å². The lowest BCUT2D eigenvalue weighted by Crippen LogP contribution is -2.50. The summed E-state index contributed by atoms with van der Waals surface area (Å²) >= 11 is 0. The molecule has 1 saturated heterocycles. The fraction of sp³-hybridized carbons (Fsp3) is 0.316. The van der Waals surface area contributed by atoms with E-state index in [1.54, 1.807) is 6.20 Å². The third-order valence-corrected chi connectivity index (χ3v) is 4.23. The summed E-state index contributed by atoms with van der Waals surface area (Å²) in [5, 5.41) is 5.81. The summed E-state index contributed by atoms with van der Waals surface area (Å²) in [5.41, 5.74) is 2.90. The van der Waals surface area contributed by atoms with Crippen LogP contribution in [0.1, 0.15) is 42.1 Å². The molecule has 1 aliphatic rings. The van der Waals surface area contributed by atoms with E-state index in [1.165, 1.54) is 0 Å². The number of nitrogens with zero attached hydrogens (tertiary/aromatic N) is 1. The summed E-state index contributed by atoms with van der Waals surface area (Å²) in [6, 6.07) is 12.9. The van der Waals surface area contributed by atoms with E-state index in [0.29, 0.717) is 12.8 Å². The van der Waals surface area contributed by atoms with E-state index in [1.807, 2.05) is 49.4 Å². The highest BCUT2D eigenvalue weighted by Gasteiger charge is 2.27. The third kappa shape index (κ3) is 3.79. The Hall–Kier alpha value is -2.69. The molecule has 0 aliphatic carbocycles. The SMILES string of the molecule is Cc1ccc([C@@H](NC(=O)[C@H]2CCCC(=O)N2)c2ccccn2)cc1. The Labute approximate surface area is 141 Å². The molecule has 1 aliphatic heterocycles. The standard InChI is InChI=1S/C19H21N3O2/c1-13-8-10-14(11-9-13)18(15-5-2-3-12-20-15)22-19(24)16-6-4-7-17(23)21-16/h2-3,5,8-12,16,18H,4,6-7H2,1H3,(H,21,23)(H,22,24)/t16-,18-/m1/s1. The minimum Gasteiger partial charge on any atom is -0.344 e. The van der Waals surface area contributed by atoms with Crippen LogP contribution in [0, 0.1) is 6.92 Å². The minimum absolute atomic E-state index is 0.0638. The Morgan fingerprint density at radius 2 is 2.04 bits per heavy atom. The van der Waals surface area contributed by atoms with Crippen molar-refractivity contribution in [2.75, 3.05) is 0 Å². The molecule has 2 heterocycles. The lowest BCUT2D eigenvalue weighted by molar-refractivity contribution is -0.131. The molecule has 5 heteroatoms. The van der Waals surface area contributed by atoms with Crippen LogP contribution < -0.4 is 10.6 Å². The van der Waals surface area contributed by atoms with E-state index in [9.17, 15) is 9.59 Å². The van der Waals surface area contributed by atoms with Crippen LogP contribution in [0.5, 0.6) is 0 Å². The molecule has 1 aromatic heterocycles.